The van der Waals surface area contributed by atoms with Gasteiger partial charge in [-0.1, -0.05) is 51.3 Å². The third kappa shape index (κ3) is 5.34. The van der Waals surface area contributed by atoms with Gasteiger partial charge in [0.2, 0.25) is 0 Å². The number of amides is 1. The lowest BCUT2D eigenvalue weighted by Crippen LogP contribution is -2.26. The average Bonchev–Trinajstić information content (AvgIpc) is 3.21. The summed E-state index contributed by atoms with van der Waals surface area (Å²) in [7, 11) is 0. The number of benzene rings is 3. The molecular formula is C23H18BrCl2FN4O3. The SMILES string of the molecule is O=C(NOCCO)c1cc2c(ncn2Cc2ccc(Cl)cc2)c(F)c1Nc1ccc(Br)cc1Cl. The number of hydroxylamine groups is 1. The van der Waals surface area contributed by atoms with Crippen molar-refractivity contribution in [3.05, 3.63) is 86.3 Å². The van der Waals surface area contributed by atoms with Crippen molar-refractivity contribution >= 4 is 67.4 Å². The third-order valence-corrected chi connectivity index (χ3v) is 5.97. The van der Waals surface area contributed by atoms with Crippen LogP contribution in [0.5, 0.6) is 0 Å². The molecule has 0 saturated heterocycles. The number of aromatic nitrogens is 2. The molecular weight excluding hydrogens is 550 g/mol. The van der Waals surface area contributed by atoms with Crippen LogP contribution in [0.3, 0.4) is 0 Å². The van der Waals surface area contributed by atoms with Crippen LogP contribution in [0, 0.1) is 5.82 Å². The third-order valence-electron chi connectivity index (χ3n) is 4.92. The lowest BCUT2D eigenvalue weighted by molar-refractivity contribution is 0.0169. The lowest BCUT2D eigenvalue weighted by Gasteiger charge is -2.15. The fraction of sp³-hybridized carbons (Fsp3) is 0.130. The van der Waals surface area contributed by atoms with Gasteiger partial charge >= 0.3 is 0 Å². The van der Waals surface area contributed by atoms with E-state index in [2.05, 4.69) is 31.7 Å². The summed E-state index contributed by atoms with van der Waals surface area (Å²) >= 11 is 15.6. The van der Waals surface area contributed by atoms with Crippen LogP contribution in [0.4, 0.5) is 15.8 Å². The molecule has 4 aromatic rings. The van der Waals surface area contributed by atoms with Crippen molar-refractivity contribution in [2.75, 3.05) is 18.5 Å². The standard InChI is InChI=1S/C23H18BrCl2FN4O3/c24-14-3-6-18(17(26)9-14)29-21-16(23(33)30-34-8-7-32)10-19-22(20(21)27)28-12-31(19)11-13-1-4-15(25)5-2-13/h1-6,9-10,12,29,32H,7-8,11H2,(H,30,33). The molecule has 7 nitrogen and oxygen atoms in total. The van der Waals surface area contributed by atoms with Gasteiger partial charge in [-0.15, -0.1) is 0 Å². The monoisotopic (exact) mass is 566 g/mol. The van der Waals surface area contributed by atoms with Gasteiger partial charge in [-0.3, -0.25) is 9.63 Å². The largest absolute Gasteiger partial charge is 0.394 e. The Morgan fingerprint density at radius 1 is 1.18 bits per heavy atom. The van der Waals surface area contributed by atoms with Crippen LogP contribution in [0.15, 0.2) is 59.3 Å². The molecule has 0 spiro atoms. The number of hydrogen-bond acceptors (Lipinski definition) is 5. The fourth-order valence-corrected chi connectivity index (χ4v) is 4.16. The van der Waals surface area contributed by atoms with Crippen molar-refractivity contribution in [1.82, 2.24) is 15.0 Å². The number of fused-ring (bicyclic) bond motifs is 1. The molecule has 0 bridgehead atoms. The first-order valence-electron chi connectivity index (χ1n) is 10.0. The van der Waals surface area contributed by atoms with E-state index in [1.54, 1.807) is 34.9 Å². The number of imidazole rings is 1. The number of nitrogens with zero attached hydrogens (tertiary/aromatic N) is 2. The zero-order valence-electron chi connectivity index (χ0n) is 17.5. The van der Waals surface area contributed by atoms with Crippen molar-refractivity contribution in [3.63, 3.8) is 0 Å². The molecule has 11 heteroatoms. The van der Waals surface area contributed by atoms with Crippen molar-refractivity contribution in [2.24, 2.45) is 0 Å². The van der Waals surface area contributed by atoms with Crippen LogP contribution in [-0.2, 0) is 11.4 Å². The molecule has 0 saturated carbocycles. The van der Waals surface area contributed by atoms with Crippen LogP contribution in [0.2, 0.25) is 10.0 Å². The van der Waals surface area contributed by atoms with Crippen LogP contribution in [-0.4, -0.2) is 33.8 Å². The summed E-state index contributed by atoms with van der Waals surface area (Å²) in [6, 6.07) is 13.8. The van der Waals surface area contributed by atoms with Gasteiger partial charge in [0.1, 0.15) is 5.52 Å². The number of hydrogen-bond donors (Lipinski definition) is 3. The Kier molecular flexibility index (Phi) is 7.70. The zero-order chi connectivity index (χ0) is 24.2. The molecule has 0 aliphatic rings. The molecule has 0 radical (unpaired) electrons. The molecule has 1 aromatic heterocycles. The summed E-state index contributed by atoms with van der Waals surface area (Å²) in [6.07, 6.45) is 1.50. The van der Waals surface area contributed by atoms with E-state index < -0.39 is 11.7 Å². The normalized spacial score (nSPS) is 11.1. The number of rotatable bonds is 8. The fourth-order valence-electron chi connectivity index (χ4n) is 3.31. The average molecular weight is 568 g/mol. The van der Waals surface area contributed by atoms with Gasteiger partial charge in [-0.2, -0.15) is 0 Å². The highest BCUT2D eigenvalue weighted by Gasteiger charge is 2.23. The number of aliphatic hydroxyl groups excluding tert-OH is 1. The van der Waals surface area contributed by atoms with E-state index in [0.29, 0.717) is 27.8 Å². The van der Waals surface area contributed by atoms with Gasteiger partial charge < -0.3 is 15.0 Å². The molecule has 0 fully saturated rings. The van der Waals surface area contributed by atoms with Crippen molar-refractivity contribution in [2.45, 2.75) is 6.54 Å². The van der Waals surface area contributed by atoms with E-state index in [-0.39, 0.29) is 30.0 Å². The minimum atomic E-state index is -0.723. The smallest absolute Gasteiger partial charge is 0.277 e. The predicted molar refractivity (Wildman–Crippen MR) is 133 cm³/mol. The van der Waals surface area contributed by atoms with Gasteiger partial charge in [0.15, 0.2) is 5.82 Å². The molecule has 34 heavy (non-hydrogen) atoms. The first-order valence-corrected chi connectivity index (χ1v) is 11.6. The van der Waals surface area contributed by atoms with Gasteiger partial charge in [0.05, 0.1) is 47.0 Å². The Labute approximate surface area is 212 Å². The number of carbonyl (C=O) groups excluding carboxylic acids is 1. The van der Waals surface area contributed by atoms with Gasteiger partial charge in [0, 0.05) is 16.0 Å². The maximum Gasteiger partial charge on any atom is 0.277 e. The molecule has 0 atom stereocenters. The highest BCUT2D eigenvalue weighted by Crippen LogP contribution is 2.34. The first kappa shape index (κ1) is 24.4. The minimum Gasteiger partial charge on any atom is -0.394 e. The molecule has 176 valence electrons. The van der Waals surface area contributed by atoms with Gasteiger partial charge in [-0.05, 0) is 42.0 Å². The first-order chi connectivity index (χ1) is 16.4. The van der Waals surface area contributed by atoms with E-state index >= 15 is 4.39 Å². The summed E-state index contributed by atoms with van der Waals surface area (Å²) in [4.78, 5) is 22.1. The summed E-state index contributed by atoms with van der Waals surface area (Å²) in [6.45, 7) is -0.0199. The van der Waals surface area contributed by atoms with Crippen molar-refractivity contribution < 1.29 is 19.1 Å². The summed E-state index contributed by atoms with van der Waals surface area (Å²) < 4.78 is 18.2. The molecule has 4 rings (SSSR count). The maximum atomic E-state index is 15.7. The highest BCUT2D eigenvalue weighted by molar-refractivity contribution is 9.10. The van der Waals surface area contributed by atoms with Crippen molar-refractivity contribution in [3.8, 4) is 0 Å². The number of anilines is 2. The Morgan fingerprint density at radius 2 is 1.94 bits per heavy atom. The number of carbonyl (C=O) groups is 1. The summed E-state index contributed by atoms with van der Waals surface area (Å²) in [5.74, 6) is -1.43. The molecule has 1 heterocycles. The molecule has 3 aromatic carbocycles. The molecule has 3 N–H and O–H groups in total. The number of nitrogens with one attached hydrogen (secondary N) is 2. The number of halogens is 4. The van der Waals surface area contributed by atoms with E-state index in [9.17, 15) is 4.79 Å². The van der Waals surface area contributed by atoms with Crippen molar-refractivity contribution in [1.29, 1.82) is 0 Å². The molecule has 0 aliphatic heterocycles. The number of aliphatic hydroxyl groups is 1. The molecule has 0 unspecified atom stereocenters. The Bertz CT molecular complexity index is 1350. The molecule has 0 aliphatic carbocycles. The van der Waals surface area contributed by atoms with Gasteiger partial charge in [-0.25, -0.2) is 14.9 Å². The quantitative estimate of drug-likeness (QED) is 0.188. The lowest BCUT2D eigenvalue weighted by atomic mass is 10.1. The van der Waals surface area contributed by atoms with E-state index in [1.807, 2.05) is 12.1 Å². The molecule has 1 amide bonds. The van der Waals surface area contributed by atoms with E-state index in [1.165, 1.54) is 12.4 Å². The van der Waals surface area contributed by atoms with Crippen LogP contribution >= 0.6 is 39.1 Å². The van der Waals surface area contributed by atoms with E-state index in [4.69, 9.17) is 33.1 Å². The Balaban J connectivity index is 1.79. The van der Waals surface area contributed by atoms with Crippen LogP contribution in [0.25, 0.3) is 11.0 Å². The zero-order valence-corrected chi connectivity index (χ0v) is 20.6. The summed E-state index contributed by atoms with van der Waals surface area (Å²) in [5.41, 5.74) is 3.89. The van der Waals surface area contributed by atoms with Gasteiger partial charge in [0.25, 0.3) is 5.91 Å². The minimum absolute atomic E-state index is 0.0280. The predicted octanol–water partition coefficient (Wildman–Crippen LogP) is 5.69. The van der Waals surface area contributed by atoms with Crippen LogP contribution < -0.4 is 10.8 Å². The highest BCUT2D eigenvalue weighted by atomic mass is 79.9. The van der Waals surface area contributed by atoms with Crippen LogP contribution in [0.1, 0.15) is 15.9 Å². The second kappa shape index (κ2) is 10.7. The summed E-state index contributed by atoms with van der Waals surface area (Å²) in [5, 5.41) is 12.8. The Hall–Kier alpha value is -2.69. The second-order valence-electron chi connectivity index (χ2n) is 7.23. The van der Waals surface area contributed by atoms with E-state index in [0.717, 1.165) is 10.0 Å². The second-order valence-corrected chi connectivity index (χ2v) is 8.99. The Morgan fingerprint density at radius 3 is 2.65 bits per heavy atom. The topological polar surface area (TPSA) is 88.4 Å². The maximum absolute atomic E-state index is 15.7.